The minimum Gasteiger partial charge on any atom is -0.480 e. The molecule has 0 radical (unpaired) electrons. The van der Waals surface area contributed by atoms with E-state index < -0.39 is 42.5 Å². The van der Waals surface area contributed by atoms with Gasteiger partial charge in [-0.15, -0.1) is 0 Å². The van der Waals surface area contributed by atoms with Crippen molar-refractivity contribution in [2.24, 2.45) is 5.92 Å². The number of benzene rings is 1. The number of hydrogen-bond acceptors (Lipinski definition) is 6. The van der Waals surface area contributed by atoms with Gasteiger partial charge in [-0.2, -0.15) is 0 Å². The highest BCUT2D eigenvalue weighted by atomic mass is 16.4. The second-order valence-electron chi connectivity index (χ2n) is 8.21. The molecule has 0 spiro atoms. The van der Waals surface area contributed by atoms with E-state index in [4.69, 9.17) is 10.2 Å². The highest BCUT2D eigenvalue weighted by Crippen LogP contribution is 2.09. The molecule has 0 aliphatic carbocycles. The van der Waals surface area contributed by atoms with Crippen LogP contribution >= 0.6 is 0 Å². The smallest absolute Gasteiger partial charge is 0.328 e. The molecule has 0 bridgehead atoms. The first-order chi connectivity index (χ1) is 15.2. The van der Waals surface area contributed by atoms with Crippen molar-refractivity contribution < 1.29 is 29.4 Å². The zero-order valence-electron chi connectivity index (χ0n) is 18.3. The number of rotatable bonds is 11. The van der Waals surface area contributed by atoms with Gasteiger partial charge in [-0.05, 0) is 30.9 Å². The summed E-state index contributed by atoms with van der Waals surface area (Å²) in [5, 5.41) is 29.0. The van der Waals surface area contributed by atoms with Crippen molar-refractivity contribution in [3.05, 3.63) is 35.9 Å². The number of amides is 3. The standard InChI is InChI=1S/C22H32N4O6/c1-13(2)18(21(30)25-17(12-27)22(31)32)26-20(29)16(11-14-7-4-3-5-8-14)24-19(28)15-9-6-10-23-15/h3-5,7-8,13,15-18,23,27H,6,9-12H2,1-2H3,(H,24,28)(H,25,30)(H,26,29)(H,31,32). The van der Waals surface area contributed by atoms with Crippen molar-refractivity contribution in [3.8, 4) is 0 Å². The van der Waals surface area contributed by atoms with Gasteiger partial charge in [-0.25, -0.2) is 4.79 Å². The molecule has 10 nitrogen and oxygen atoms in total. The Hall–Kier alpha value is -2.98. The third-order valence-corrected chi connectivity index (χ3v) is 5.34. The maximum atomic E-state index is 13.1. The van der Waals surface area contributed by atoms with Gasteiger partial charge >= 0.3 is 5.97 Å². The normalized spacial score (nSPS) is 18.4. The Bertz CT molecular complexity index is 795. The van der Waals surface area contributed by atoms with Crippen LogP contribution in [0.2, 0.25) is 0 Å². The second-order valence-corrected chi connectivity index (χ2v) is 8.21. The molecule has 1 aromatic carbocycles. The summed E-state index contributed by atoms with van der Waals surface area (Å²) >= 11 is 0. The van der Waals surface area contributed by atoms with Crippen LogP contribution in [-0.2, 0) is 25.6 Å². The predicted octanol–water partition coefficient (Wildman–Crippen LogP) is -0.832. The fraction of sp³-hybridized carbons (Fsp3) is 0.545. The Morgan fingerprint density at radius 3 is 2.25 bits per heavy atom. The highest BCUT2D eigenvalue weighted by Gasteiger charge is 2.32. The van der Waals surface area contributed by atoms with E-state index in [-0.39, 0.29) is 24.3 Å². The van der Waals surface area contributed by atoms with E-state index in [1.54, 1.807) is 13.8 Å². The largest absolute Gasteiger partial charge is 0.480 e. The topological polar surface area (TPSA) is 157 Å². The van der Waals surface area contributed by atoms with Gasteiger partial charge in [-0.3, -0.25) is 14.4 Å². The summed E-state index contributed by atoms with van der Waals surface area (Å²) in [5.41, 5.74) is 0.837. The predicted molar refractivity (Wildman–Crippen MR) is 117 cm³/mol. The van der Waals surface area contributed by atoms with Gasteiger partial charge in [-0.1, -0.05) is 44.2 Å². The lowest BCUT2D eigenvalue weighted by atomic mass is 10.0. The second kappa shape index (κ2) is 12.2. The molecule has 1 heterocycles. The van der Waals surface area contributed by atoms with E-state index in [1.165, 1.54) is 0 Å². The maximum Gasteiger partial charge on any atom is 0.328 e. The number of aliphatic hydroxyl groups excluding tert-OH is 1. The van der Waals surface area contributed by atoms with Crippen LogP contribution in [0.4, 0.5) is 0 Å². The average molecular weight is 449 g/mol. The molecular formula is C22H32N4O6. The van der Waals surface area contributed by atoms with E-state index in [9.17, 15) is 19.2 Å². The van der Waals surface area contributed by atoms with Crippen molar-refractivity contribution in [2.45, 2.75) is 57.3 Å². The first kappa shape index (κ1) is 25.3. The van der Waals surface area contributed by atoms with Crippen LogP contribution in [0.3, 0.4) is 0 Å². The first-order valence-corrected chi connectivity index (χ1v) is 10.7. The van der Waals surface area contributed by atoms with Crippen LogP contribution in [0.1, 0.15) is 32.3 Å². The fourth-order valence-electron chi connectivity index (χ4n) is 3.48. The van der Waals surface area contributed by atoms with Crippen LogP contribution in [0, 0.1) is 5.92 Å². The quantitative estimate of drug-likeness (QED) is 0.258. The molecule has 1 saturated heterocycles. The van der Waals surface area contributed by atoms with Gasteiger partial charge in [0.2, 0.25) is 17.7 Å². The summed E-state index contributed by atoms with van der Waals surface area (Å²) in [5.74, 6) is -3.30. The third-order valence-electron chi connectivity index (χ3n) is 5.34. The minimum absolute atomic E-state index is 0.228. The first-order valence-electron chi connectivity index (χ1n) is 10.7. The summed E-state index contributed by atoms with van der Waals surface area (Å²) in [6.07, 6.45) is 1.78. The van der Waals surface area contributed by atoms with Crippen LogP contribution < -0.4 is 21.3 Å². The third kappa shape index (κ3) is 7.31. The van der Waals surface area contributed by atoms with Crippen molar-refractivity contribution >= 4 is 23.7 Å². The monoisotopic (exact) mass is 448 g/mol. The zero-order valence-corrected chi connectivity index (χ0v) is 18.3. The molecule has 6 N–H and O–H groups in total. The molecule has 3 amide bonds. The lowest BCUT2D eigenvalue weighted by molar-refractivity contribution is -0.143. The summed E-state index contributed by atoms with van der Waals surface area (Å²) in [7, 11) is 0. The number of aliphatic carboxylic acids is 1. The van der Waals surface area contributed by atoms with Gasteiger partial charge in [0.1, 0.15) is 18.1 Å². The molecule has 4 atom stereocenters. The molecule has 2 rings (SSSR count). The van der Waals surface area contributed by atoms with Crippen LogP contribution in [-0.4, -0.2) is 71.2 Å². The number of carboxylic acid groups (broad SMARTS) is 1. The molecule has 4 unspecified atom stereocenters. The molecular weight excluding hydrogens is 416 g/mol. The number of carbonyl (C=O) groups excluding carboxylic acids is 3. The summed E-state index contributed by atoms with van der Waals surface area (Å²) in [6, 6.07) is 5.37. The van der Waals surface area contributed by atoms with Crippen molar-refractivity contribution in [3.63, 3.8) is 0 Å². The highest BCUT2D eigenvalue weighted by molar-refractivity contribution is 5.94. The number of carboxylic acids is 1. The number of aliphatic hydroxyl groups is 1. The van der Waals surface area contributed by atoms with E-state index in [0.29, 0.717) is 6.42 Å². The minimum atomic E-state index is -1.48. The van der Waals surface area contributed by atoms with Gasteiger partial charge in [0.25, 0.3) is 0 Å². The van der Waals surface area contributed by atoms with Crippen molar-refractivity contribution in [2.75, 3.05) is 13.2 Å². The van der Waals surface area contributed by atoms with E-state index >= 15 is 0 Å². The number of carbonyl (C=O) groups is 4. The van der Waals surface area contributed by atoms with Gasteiger partial charge in [0.05, 0.1) is 12.6 Å². The van der Waals surface area contributed by atoms with Crippen LogP contribution in [0.5, 0.6) is 0 Å². The SMILES string of the molecule is CC(C)C(NC(=O)C(Cc1ccccc1)NC(=O)C1CCCN1)C(=O)NC(CO)C(=O)O. The molecule has 32 heavy (non-hydrogen) atoms. The van der Waals surface area contributed by atoms with E-state index in [0.717, 1.165) is 18.5 Å². The summed E-state index contributed by atoms with van der Waals surface area (Å²) in [4.78, 5) is 49.5. The van der Waals surface area contributed by atoms with Gasteiger partial charge in [0.15, 0.2) is 0 Å². The van der Waals surface area contributed by atoms with E-state index in [2.05, 4.69) is 21.3 Å². The van der Waals surface area contributed by atoms with Gasteiger partial charge in [0, 0.05) is 6.42 Å². The lowest BCUT2D eigenvalue weighted by Crippen LogP contribution is -2.59. The Labute approximate surface area is 187 Å². The molecule has 1 aromatic rings. The average Bonchev–Trinajstić information content (AvgIpc) is 3.30. The maximum absolute atomic E-state index is 13.1. The zero-order chi connectivity index (χ0) is 23.7. The molecule has 10 heteroatoms. The summed E-state index contributed by atoms with van der Waals surface area (Å²) in [6.45, 7) is 3.36. The van der Waals surface area contributed by atoms with Gasteiger partial charge < -0.3 is 31.5 Å². The summed E-state index contributed by atoms with van der Waals surface area (Å²) < 4.78 is 0. The Balaban J connectivity index is 2.14. The van der Waals surface area contributed by atoms with Crippen molar-refractivity contribution in [1.82, 2.24) is 21.3 Å². The molecule has 176 valence electrons. The van der Waals surface area contributed by atoms with E-state index in [1.807, 2.05) is 30.3 Å². The molecule has 1 aliphatic heterocycles. The lowest BCUT2D eigenvalue weighted by Gasteiger charge is -2.27. The van der Waals surface area contributed by atoms with Crippen molar-refractivity contribution in [1.29, 1.82) is 0 Å². The Kier molecular flexibility index (Phi) is 9.61. The number of nitrogens with one attached hydrogen (secondary N) is 4. The Morgan fingerprint density at radius 1 is 1.03 bits per heavy atom. The fourth-order valence-corrected chi connectivity index (χ4v) is 3.48. The Morgan fingerprint density at radius 2 is 1.72 bits per heavy atom. The molecule has 0 aromatic heterocycles. The van der Waals surface area contributed by atoms with Crippen LogP contribution in [0.25, 0.3) is 0 Å². The molecule has 1 aliphatic rings. The number of hydrogen-bond donors (Lipinski definition) is 6. The molecule has 0 saturated carbocycles. The van der Waals surface area contributed by atoms with Crippen LogP contribution in [0.15, 0.2) is 30.3 Å². The molecule has 1 fully saturated rings.